The normalized spacial score (nSPS) is 11.2. The predicted octanol–water partition coefficient (Wildman–Crippen LogP) is 0.762. The van der Waals surface area contributed by atoms with Crippen LogP contribution in [0, 0.1) is 12.3 Å². The third-order valence-corrected chi connectivity index (χ3v) is 2.25. The Kier molecular flexibility index (Phi) is 4.90. The van der Waals surface area contributed by atoms with Crippen LogP contribution in [0.2, 0.25) is 0 Å². The van der Waals surface area contributed by atoms with Crippen LogP contribution in [0.1, 0.15) is 16.8 Å². The van der Waals surface area contributed by atoms with E-state index < -0.39 is 12.0 Å². The van der Waals surface area contributed by atoms with E-state index in [-0.39, 0.29) is 12.3 Å². The summed E-state index contributed by atoms with van der Waals surface area (Å²) in [4.78, 5) is 22.7. The standard InChI is InChI=1S/C13H14N2O3/c1-3-4-11(14)12(16)15-10-7-5-9(6-8-10)13(17)18-2/h1,5-8,11H,4,14H2,2H3,(H,15,16). The summed E-state index contributed by atoms with van der Waals surface area (Å²) >= 11 is 0. The van der Waals surface area contributed by atoms with Gasteiger partial charge in [0.2, 0.25) is 5.91 Å². The molecule has 0 saturated carbocycles. The van der Waals surface area contributed by atoms with Gasteiger partial charge in [-0.2, -0.15) is 0 Å². The van der Waals surface area contributed by atoms with Crippen molar-refractivity contribution in [1.29, 1.82) is 0 Å². The third kappa shape index (κ3) is 3.61. The van der Waals surface area contributed by atoms with Gasteiger partial charge in [0.1, 0.15) is 0 Å². The second-order valence-electron chi connectivity index (χ2n) is 3.57. The second-order valence-corrected chi connectivity index (χ2v) is 3.57. The Balaban J connectivity index is 2.67. The van der Waals surface area contributed by atoms with Crippen LogP contribution >= 0.6 is 0 Å². The molecule has 3 N–H and O–H groups in total. The summed E-state index contributed by atoms with van der Waals surface area (Å²) in [5.41, 5.74) is 6.49. The maximum Gasteiger partial charge on any atom is 0.337 e. The average Bonchev–Trinajstić information content (AvgIpc) is 2.39. The average molecular weight is 246 g/mol. The highest BCUT2D eigenvalue weighted by atomic mass is 16.5. The molecule has 1 unspecified atom stereocenters. The van der Waals surface area contributed by atoms with Gasteiger partial charge in [-0.15, -0.1) is 12.3 Å². The van der Waals surface area contributed by atoms with E-state index in [2.05, 4.69) is 16.0 Å². The zero-order chi connectivity index (χ0) is 13.5. The highest BCUT2D eigenvalue weighted by Crippen LogP contribution is 2.10. The molecule has 5 nitrogen and oxygen atoms in total. The molecule has 94 valence electrons. The maximum atomic E-state index is 11.6. The van der Waals surface area contributed by atoms with Gasteiger partial charge in [0.15, 0.2) is 0 Å². The first-order chi connectivity index (χ1) is 8.58. The highest BCUT2D eigenvalue weighted by Gasteiger charge is 2.12. The summed E-state index contributed by atoms with van der Waals surface area (Å²) in [6.07, 6.45) is 5.24. The summed E-state index contributed by atoms with van der Waals surface area (Å²) in [6, 6.07) is 5.54. The first-order valence-corrected chi connectivity index (χ1v) is 5.26. The molecule has 0 fully saturated rings. The Bertz CT molecular complexity index is 474. The quantitative estimate of drug-likeness (QED) is 0.607. The Morgan fingerprint density at radius 2 is 2.06 bits per heavy atom. The second kappa shape index (κ2) is 6.42. The number of benzene rings is 1. The predicted molar refractivity (Wildman–Crippen MR) is 67.8 cm³/mol. The molecule has 0 aliphatic carbocycles. The van der Waals surface area contributed by atoms with E-state index in [1.807, 2.05) is 0 Å². The van der Waals surface area contributed by atoms with E-state index in [0.717, 1.165) is 0 Å². The molecule has 0 radical (unpaired) electrons. The number of anilines is 1. The van der Waals surface area contributed by atoms with Gasteiger partial charge in [0.25, 0.3) is 0 Å². The molecule has 18 heavy (non-hydrogen) atoms. The van der Waals surface area contributed by atoms with Crippen molar-refractivity contribution in [2.45, 2.75) is 12.5 Å². The smallest absolute Gasteiger partial charge is 0.337 e. The van der Waals surface area contributed by atoms with Gasteiger partial charge in [-0.25, -0.2) is 4.79 Å². The van der Waals surface area contributed by atoms with Gasteiger partial charge in [-0.1, -0.05) is 0 Å². The summed E-state index contributed by atoms with van der Waals surface area (Å²) in [6.45, 7) is 0. The maximum absolute atomic E-state index is 11.6. The van der Waals surface area contributed by atoms with Crippen LogP contribution in [-0.4, -0.2) is 25.0 Å². The van der Waals surface area contributed by atoms with Gasteiger partial charge < -0.3 is 15.8 Å². The lowest BCUT2D eigenvalue weighted by Crippen LogP contribution is -2.35. The van der Waals surface area contributed by atoms with E-state index >= 15 is 0 Å². The van der Waals surface area contributed by atoms with Gasteiger partial charge >= 0.3 is 5.97 Å². The number of ether oxygens (including phenoxy) is 1. The lowest BCUT2D eigenvalue weighted by atomic mass is 10.2. The largest absolute Gasteiger partial charge is 0.465 e. The number of hydrogen-bond acceptors (Lipinski definition) is 4. The van der Waals surface area contributed by atoms with E-state index in [9.17, 15) is 9.59 Å². The van der Waals surface area contributed by atoms with Crippen molar-refractivity contribution in [3.8, 4) is 12.3 Å². The Labute approximate surface area is 105 Å². The van der Waals surface area contributed by atoms with Crippen LogP contribution in [0.15, 0.2) is 24.3 Å². The summed E-state index contributed by atoms with van der Waals surface area (Å²) in [5, 5.41) is 2.60. The Morgan fingerprint density at radius 1 is 1.44 bits per heavy atom. The minimum absolute atomic E-state index is 0.173. The van der Waals surface area contributed by atoms with Gasteiger partial charge in [-0.3, -0.25) is 4.79 Å². The molecule has 0 spiro atoms. The fourth-order valence-corrected chi connectivity index (χ4v) is 1.26. The molecule has 0 saturated heterocycles. The fraction of sp³-hybridized carbons (Fsp3) is 0.231. The Morgan fingerprint density at radius 3 is 2.56 bits per heavy atom. The number of methoxy groups -OCH3 is 1. The molecule has 0 heterocycles. The lowest BCUT2D eigenvalue weighted by Gasteiger charge is -2.09. The molecule has 0 aromatic heterocycles. The molecule has 0 aliphatic heterocycles. The van der Waals surface area contributed by atoms with Gasteiger partial charge in [-0.05, 0) is 24.3 Å². The minimum atomic E-state index is -0.740. The molecule has 1 aromatic rings. The zero-order valence-electron chi connectivity index (χ0n) is 9.97. The van der Waals surface area contributed by atoms with Crippen molar-refractivity contribution in [3.05, 3.63) is 29.8 Å². The summed E-state index contributed by atoms with van der Waals surface area (Å²) in [7, 11) is 1.30. The first-order valence-electron chi connectivity index (χ1n) is 5.26. The van der Waals surface area contributed by atoms with E-state index in [4.69, 9.17) is 12.2 Å². The number of rotatable bonds is 4. The van der Waals surface area contributed by atoms with Crippen LogP contribution < -0.4 is 11.1 Å². The number of carbonyl (C=O) groups is 2. The number of esters is 1. The van der Waals surface area contributed by atoms with Crippen molar-refractivity contribution in [2.24, 2.45) is 5.73 Å². The molecule has 1 atom stereocenters. The van der Waals surface area contributed by atoms with Crippen molar-refractivity contribution in [3.63, 3.8) is 0 Å². The van der Waals surface area contributed by atoms with Crippen LogP contribution in [0.4, 0.5) is 5.69 Å². The van der Waals surface area contributed by atoms with Crippen molar-refractivity contribution < 1.29 is 14.3 Å². The minimum Gasteiger partial charge on any atom is -0.465 e. The number of nitrogens with one attached hydrogen (secondary N) is 1. The number of nitrogens with two attached hydrogens (primary N) is 1. The highest BCUT2D eigenvalue weighted by molar-refractivity contribution is 5.95. The van der Waals surface area contributed by atoms with Crippen LogP contribution in [-0.2, 0) is 9.53 Å². The number of hydrogen-bond donors (Lipinski definition) is 2. The molecule has 1 aromatic carbocycles. The molecular weight excluding hydrogens is 232 g/mol. The number of carbonyl (C=O) groups excluding carboxylic acids is 2. The molecule has 0 bridgehead atoms. The molecule has 0 aliphatic rings. The van der Waals surface area contributed by atoms with Crippen molar-refractivity contribution >= 4 is 17.6 Å². The number of terminal acetylenes is 1. The van der Waals surface area contributed by atoms with Crippen molar-refractivity contribution in [2.75, 3.05) is 12.4 Å². The van der Waals surface area contributed by atoms with Gasteiger partial charge in [0, 0.05) is 12.1 Å². The van der Waals surface area contributed by atoms with Crippen molar-refractivity contribution in [1.82, 2.24) is 0 Å². The van der Waals surface area contributed by atoms with Gasteiger partial charge in [0.05, 0.1) is 18.7 Å². The summed E-state index contributed by atoms with van der Waals surface area (Å²) in [5.74, 6) is 1.52. The first kappa shape index (κ1) is 13.7. The van der Waals surface area contributed by atoms with E-state index in [0.29, 0.717) is 11.3 Å². The molecule has 1 amide bonds. The van der Waals surface area contributed by atoms with Crippen LogP contribution in [0.3, 0.4) is 0 Å². The number of amides is 1. The third-order valence-electron chi connectivity index (χ3n) is 2.25. The van der Waals surface area contributed by atoms with E-state index in [1.165, 1.54) is 7.11 Å². The van der Waals surface area contributed by atoms with Crippen LogP contribution in [0.25, 0.3) is 0 Å². The summed E-state index contributed by atoms with van der Waals surface area (Å²) < 4.78 is 4.56. The molecular formula is C13H14N2O3. The molecule has 1 rings (SSSR count). The topological polar surface area (TPSA) is 81.4 Å². The Hall–Kier alpha value is -2.32. The SMILES string of the molecule is C#CCC(N)C(=O)Nc1ccc(C(=O)OC)cc1. The molecule has 5 heteroatoms. The fourth-order valence-electron chi connectivity index (χ4n) is 1.26. The van der Waals surface area contributed by atoms with Crippen LogP contribution in [0.5, 0.6) is 0 Å². The monoisotopic (exact) mass is 246 g/mol. The zero-order valence-corrected chi connectivity index (χ0v) is 9.97. The lowest BCUT2D eigenvalue weighted by molar-refractivity contribution is -0.117. The van der Waals surface area contributed by atoms with E-state index in [1.54, 1.807) is 24.3 Å².